The Morgan fingerprint density at radius 2 is 1.80 bits per heavy atom. The van der Waals surface area contributed by atoms with E-state index < -0.39 is 36.0 Å². The Labute approximate surface area is 258 Å². The lowest BCUT2D eigenvalue weighted by atomic mass is 9.77. The third-order valence-electron chi connectivity index (χ3n) is 8.17. The molecule has 2 amide bonds. The molecule has 11 heteroatoms. The molecular formula is C34H32N2O9. The van der Waals surface area contributed by atoms with Crippen LogP contribution >= 0.6 is 0 Å². The van der Waals surface area contributed by atoms with Gasteiger partial charge in [0.15, 0.2) is 28.6 Å². The summed E-state index contributed by atoms with van der Waals surface area (Å²) in [4.78, 5) is 41.1. The number of para-hydroxylation sites is 1. The summed E-state index contributed by atoms with van der Waals surface area (Å²) in [5.41, 5.74) is 2.20. The first-order valence-corrected chi connectivity index (χ1v) is 14.4. The molecule has 4 aromatic rings. The van der Waals surface area contributed by atoms with Gasteiger partial charge in [-0.05, 0) is 35.9 Å². The second kappa shape index (κ2) is 12.5. The van der Waals surface area contributed by atoms with E-state index in [1.165, 1.54) is 25.2 Å². The average molecular weight is 613 g/mol. The summed E-state index contributed by atoms with van der Waals surface area (Å²) in [6.45, 7) is -0.232. The van der Waals surface area contributed by atoms with Crippen molar-refractivity contribution in [2.75, 3.05) is 27.4 Å². The Kier molecular flexibility index (Phi) is 8.29. The van der Waals surface area contributed by atoms with Gasteiger partial charge in [0.25, 0.3) is 5.91 Å². The number of aliphatic hydroxyl groups is 2. The Bertz CT molecular complexity index is 1780. The Balaban J connectivity index is 1.48. The van der Waals surface area contributed by atoms with E-state index in [9.17, 15) is 24.6 Å². The highest BCUT2D eigenvalue weighted by Crippen LogP contribution is 2.51. The second-order valence-corrected chi connectivity index (χ2v) is 10.8. The number of rotatable bonds is 10. The summed E-state index contributed by atoms with van der Waals surface area (Å²) in [6, 6.07) is 18.2. The topological polar surface area (TPSA) is 148 Å². The molecule has 2 aliphatic rings. The standard InChI is InChI=1S/C34H32N2O9/c1-42-25-10-6-9-21-15-27(44-30(21)25)34(41)36(17-19-7-4-3-5-8-19)24-16-23(33(40)35-11-12-37)28-22-13-20(18-38)14-26(43-2)31(22)45-32(28)29(24)39/h3-10,13-16,18,24,28-29,32,37,39H,11-12,17H2,1-2H3,(H,35,40). The van der Waals surface area contributed by atoms with Gasteiger partial charge in [0.2, 0.25) is 5.91 Å². The molecule has 11 nitrogen and oxygen atoms in total. The zero-order valence-electron chi connectivity index (χ0n) is 24.6. The van der Waals surface area contributed by atoms with Crippen LogP contribution in [0.2, 0.25) is 0 Å². The fourth-order valence-electron chi connectivity index (χ4n) is 6.10. The first-order valence-electron chi connectivity index (χ1n) is 14.4. The Hall–Kier alpha value is -5.13. The lowest BCUT2D eigenvalue weighted by Crippen LogP contribution is -2.55. The number of hydrogen-bond acceptors (Lipinski definition) is 9. The predicted octanol–water partition coefficient (Wildman–Crippen LogP) is 3.23. The van der Waals surface area contributed by atoms with Crippen molar-refractivity contribution < 1.29 is 43.2 Å². The van der Waals surface area contributed by atoms with Crippen LogP contribution < -0.4 is 19.5 Å². The van der Waals surface area contributed by atoms with Crippen molar-refractivity contribution in [2.24, 2.45) is 0 Å². The van der Waals surface area contributed by atoms with E-state index in [0.29, 0.717) is 39.9 Å². The normalized spacial score (nSPS) is 20.0. The van der Waals surface area contributed by atoms with Crippen molar-refractivity contribution in [1.82, 2.24) is 10.2 Å². The van der Waals surface area contributed by atoms with Gasteiger partial charge in [-0.2, -0.15) is 0 Å². The first kappa shape index (κ1) is 29.9. The largest absolute Gasteiger partial charge is 0.493 e. The van der Waals surface area contributed by atoms with Crippen LogP contribution in [0.5, 0.6) is 17.2 Å². The van der Waals surface area contributed by atoms with Crippen LogP contribution in [-0.4, -0.2) is 78.8 Å². The molecule has 0 spiro atoms. The number of fused-ring (bicyclic) bond motifs is 4. The summed E-state index contributed by atoms with van der Waals surface area (Å²) in [6.07, 6.45) is -0.104. The van der Waals surface area contributed by atoms with E-state index in [4.69, 9.17) is 18.6 Å². The molecule has 0 bridgehead atoms. The van der Waals surface area contributed by atoms with E-state index >= 15 is 0 Å². The molecule has 45 heavy (non-hydrogen) atoms. The van der Waals surface area contributed by atoms with Gasteiger partial charge in [0.05, 0.1) is 32.8 Å². The lowest BCUT2D eigenvalue weighted by Gasteiger charge is -2.40. The van der Waals surface area contributed by atoms with Crippen LogP contribution in [-0.2, 0) is 11.3 Å². The van der Waals surface area contributed by atoms with Crippen molar-refractivity contribution in [3.05, 3.63) is 101 Å². The minimum absolute atomic E-state index is 0.0142. The minimum atomic E-state index is -1.31. The van der Waals surface area contributed by atoms with Crippen LogP contribution in [0.25, 0.3) is 11.0 Å². The highest BCUT2D eigenvalue weighted by Gasteiger charge is 2.51. The van der Waals surface area contributed by atoms with Gasteiger partial charge in [-0.15, -0.1) is 0 Å². The van der Waals surface area contributed by atoms with Crippen LogP contribution in [0.3, 0.4) is 0 Å². The minimum Gasteiger partial charge on any atom is -0.493 e. The molecule has 1 aliphatic carbocycles. The number of aliphatic hydroxyl groups excluding tert-OH is 2. The predicted molar refractivity (Wildman–Crippen MR) is 163 cm³/mol. The van der Waals surface area contributed by atoms with Gasteiger partial charge < -0.3 is 39.1 Å². The third-order valence-corrected chi connectivity index (χ3v) is 8.17. The quantitative estimate of drug-likeness (QED) is 0.230. The van der Waals surface area contributed by atoms with Gasteiger partial charge >= 0.3 is 0 Å². The first-order chi connectivity index (χ1) is 21.9. The van der Waals surface area contributed by atoms with Gasteiger partial charge in [-0.3, -0.25) is 14.4 Å². The smallest absolute Gasteiger partial charge is 0.290 e. The molecule has 3 N–H and O–H groups in total. The molecule has 3 aromatic carbocycles. The molecule has 232 valence electrons. The molecule has 0 radical (unpaired) electrons. The number of aldehydes is 1. The number of furan rings is 1. The monoisotopic (exact) mass is 612 g/mol. The number of carbonyl (C=O) groups excluding carboxylic acids is 3. The number of ether oxygens (including phenoxy) is 3. The molecular weight excluding hydrogens is 580 g/mol. The molecule has 4 atom stereocenters. The molecule has 0 saturated carbocycles. The number of nitrogens with one attached hydrogen (secondary N) is 1. The maximum atomic E-state index is 14.3. The fraction of sp³-hybridized carbons (Fsp3) is 0.265. The molecule has 2 heterocycles. The van der Waals surface area contributed by atoms with Crippen LogP contribution in [0.4, 0.5) is 0 Å². The number of amides is 2. The Morgan fingerprint density at radius 1 is 1.02 bits per heavy atom. The Morgan fingerprint density at radius 3 is 2.51 bits per heavy atom. The molecule has 6 rings (SSSR count). The molecule has 0 fully saturated rings. The van der Waals surface area contributed by atoms with E-state index in [2.05, 4.69) is 5.32 Å². The number of methoxy groups -OCH3 is 2. The summed E-state index contributed by atoms with van der Waals surface area (Å²) < 4.78 is 23.2. The van der Waals surface area contributed by atoms with Gasteiger partial charge in [0, 0.05) is 35.2 Å². The summed E-state index contributed by atoms with van der Waals surface area (Å²) >= 11 is 0. The van der Waals surface area contributed by atoms with Crippen LogP contribution in [0.15, 0.2) is 82.8 Å². The highest BCUT2D eigenvalue weighted by molar-refractivity contribution is 5.99. The zero-order chi connectivity index (χ0) is 31.7. The molecule has 4 unspecified atom stereocenters. The van der Waals surface area contributed by atoms with E-state index in [0.717, 1.165) is 5.56 Å². The van der Waals surface area contributed by atoms with E-state index in [1.54, 1.807) is 36.4 Å². The van der Waals surface area contributed by atoms with Crippen molar-refractivity contribution in [3.8, 4) is 17.2 Å². The maximum absolute atomic E-state index is 14.3. The van der Waals surface area contributed by atoms with Gasteiger partial charge in [-0.25, -0.2) is 0 Å². The van der Waals surface area contributed by atoms with Crippen molar-refractivity contribution in [2.45, 2.75) is 30.7 Å². The number of nitrogens with zero attached hydrogens (tertiary/aromatic N) is 1. The van der Waals surface area contributed by atoms with Crippen molar-refractivity contribution in [3.63, 3.8) is 0 Å². The number of carbonyl (C=O) groups is 3. The van der Waals surface area contributed by atoms with E-state index in [1.807, 2.05) is 30.3 Å². The number of hydrogen-bond donors (Lipinski definition) is 3. The molecule has 1 aromatic heterocycles. The molecule has 0 saturated heterocycles. The van der Waals surface area contributed by atoms with Crippen molar-refractivity contribution >= 4 is 29.1 Å². The SMILES string of the molecule is COc1cc(C=O)cc2c1OC1C2C(C(=O)NCCO)=CC(N(Cc2ccccc2)C(=O)c2cc3cccc(OC)c3o2)C1O. The second-order valence-electron chi connectivity index (χ2n) is 10.8. The summed E-state index contributed by atoms with van der Waals surface area (Å²) in [5.74, 6) is -0.772. The fourth-order valence-corrected chi connectivity index (χ4v) is 6.10. The van der Waals surface area contributed by atoms with Gasteiger partial charge in [-0.1, -0.05) is 42.5 Å². The summed E-state index contributed by atoms with van der Waals surface area (Å²) in [7, 11) is 2.94. The van der Waals surface area contributed by atoms with E-state index in [-0.39, 0.29) is 36.8 Å². The highest BCUT2D eigenvalue weighted by atomic mass is 16.5. The number of benzene rings is 3. The van der Waals surface area contributed by atoms with Crippen LogP contribution in [0, 0.1) is 0 Å². The third kappa shape index (κ3) is 5.41. The maximum Gasteiger partial charge on any atom is 0.290 e. The van der Waals surface area contributed by atoms with Crippen molar-refractivity contribution in [1.29, 1.82) is 0 Å². The average Bonchev–Trinajstić information content (AvgIpc) is 3.69. The summed E-state index contributed by atoms with van der Waals surface area (Å²) in [5, 5.41) is 24.7. The zero-order valence-corrected chi connectivity index (χ0v) is 24.6. The molecule has 1 aliphatic heterocycles. The van der Waals surface area contributed by atoms with Gasteiger partial charge in [0.1, 0.15) is 18.5 Å². The van der Waals surface area contributed by atoms with Crippen LogP contribution in [0.1, 0.15) is 38.0 Å². The lowest BCUT2D eigenvalue weighted by molar-refractivity contribution is -0.118.